The first-order chi connectivity index (χ1) is 11.7. The van der Waals surface area contributed by atoms with Gasteiger partial charge >= 0.3 is 6.09 Å². The number of piperidine rings is 1. The second kappa shape index (κ2) is 9.46. The van der Waals surface area contributed by atoms with E-state index in [-0.39, 0.29) is 12.1 Å². The maximum Gasteiger partial charge on any atom is 0.409 e. The summed E-state index contributed by atoms with van der Waals surface area (Å²) < 4.78 is 4.79. The molecule has 2 N–H and O–H groups in total. The predicted molar refractivity (Wildman–Crippen MR) is 94.8 cm³/mol. The van der Waals surface area contributed by atoms with Crippen LogP contribution in [0.1, 0.15) is 18.4 Å². The SMILES string of the molecule is CN=C(NCC#Cc1ccccc1)NC1CCCN(C(=O)OC)C1. The van der Waals surface area contributed by atoms with Crippen LogP contribution in [-0.2, 0) is 4.74 Å². The fourth-order valence-corrected chi connectivity index (χ4v) is 2.57. The van der Waals surface area contributed by atoms with Crippen LogP contribution in [0.4, 0.5) is 4.79 Å². The number of nitrogens with one attached hydrogen (secondary N) is 2. The standard InChI is InChI=1S/C18H24N4O2/c1-19-17(20-12-6-10-15-8-4-3-5-9-15)21-16-11-7-13-22(14-16)18(23)24-2/h3-5,8-9,16H,7,11-14H2,1-2H3,(H2,19,20,21). The van der Waals surface area contributed by atoms with Gasteiger partial charge in [-0.1, -0.05) is 30.0 Å². The highest BCUT2D eigenvalue weighted by atomic mass is 16.5. The molecule has 0 radical (unpaired) electrons. The minimum atomic E-state index is -0.279. The number of ether oxygens (including phenoxy) is 1. The highest BCUT2D eigenvalue weighted by Crippen LogP contribution is 2.10. The van der Waals surface area contributed by atoms with E-state index in [1.165, 1.54) is 7.11 Å². The van der Waals surface area contributed by atoms with Gasteiger partial charge in [0.05, 0.1) is 13.7 Å². The maximum absolute atomic E-state index is 11.6. The Bertz CT molecular complexity index is 619. The van der Waals surface area contributed by atoms with E-state index in [0.717, 1.165) is 24.9 Å². The van der Waals surface area contributed by atoms with Crippen molar-refractivity contribution < 1.29 is 9.53 Å². The molecule has 0 aromatic heterocycles. The summed E-state index contributed by atoms with van der Waals surface area (Å²) in [6, 6.07) is 10.0. The Morgan fingerprint density at radius 3 is 2.92 bits per heavy atom. The molecule has 1 fully saturated rings. The third kappa shape index (κ3) is 5.51. The molecule has 1 aliphatic rings. The lowest BCUT2D eigenvalue weighted by molar-refractivity contribution is 0.109. The summed E-state index contributed by atoms with van der Waals surface area (Å²) >= 11 is 0. The number of likely N-dealkylation sites (tertiary alicyclic amines) is 1. The van der Waals surface area contributed by atoms with Crippen LogP contribution in [0, 0.1) is 11.8 Å². The number of carbonyl (C=O) groups is 1. The quantitative estimate of drug-likeness (QED) is 0.490. The first-order valence-electron chi connectivity index (χ1n) is 8.07. The van der Waals surface area contributed by atoms with Crippen LogP contribution >= 0.6 is 0 Å². The number of methoxy groups -OCH3 is 1. The smallest absolute Gasteiger partial charge is 0.409 e. The van der Waals surface area contributed by atoms with E-state index in [9.17, 15) is 4.79 Å². The number of aliphatic imine (C=N–C) groups is 1. The van der Waals surface area contributed by atoms with Gasteiger partial charge in [0.1, 0.15) is 0 Å². The van der Waals surface area contributed by atoms with E-state index in [4.69, 9.17) is 4.74 Å². The van der Waals surface area contributed by atoms with Gasteiger partial charge in [0.15, 0.2) is 5.96 Å². The Balaban J connectivity index is 1.80. The molecule has 2 rings (SSSR count). The molecular weight excluding hydrogens is 304 g/mol. The summed E-state index contributed by atoms with van der Waals surface area (Å²) in [5, 5.41) is 6.51. The second-order valence-electron chi connectivity index (χ2n) is 5.49. The fourth-order valence-electron chi connectivity index (χ4n) is 2.57. The highest BCUT2D eigenvalue weighted by Gasteiger charge is 2.24. The summed E-state index contributed by atoms with van der Waals surface area (Å²) in [6.45, 7) is 1.85. The summed E-state index contributed by atoms with van der Waals surface area (Å²) in [5.74, 6) is 6.85. The van der Waals surface area contributed by atoms with Gasteiger partial charge in [0.2, 0.25) is 0 Å². The number of carbonyl (C=O) groups excluding carboxylic acids is 1. The minimum absolute atomic E-state index is 0.158. The number of benzene rings is 1. The van der Waals surface area contributed by atoms with Crippen molar-refractivity contribution in [2.75, 3.05) is 33.8 Å². The molecule has 1 unspecified atom stereocenters. The van der Waals surface area contributed by atoms with E-state index in [2.05, 4.69) is 27.5 Å². The van der Waals surface area contributed by atoms with Crippen molar-refractivity contribution in [1.29, 1.82) is 0 Å². The molecule has 0 saturated carbocycles. The lowest BCUT2D eigenvalue weighted by atomic mass is 10.1. The van der Waals surface area contributed by atoms with Gasteiger partial charge in [-0.15, -0.1) is 0 Å². The molecule has 1 amide bonds. The van der Waals surface area contributed by atoms with Crippen molar-refractivity contribution in [3.63, 3.8) is 0 Å². The highest BCUT2D eigenvalue weighted by molar-refractivity contribution is 5.80. The average molecular weight is 328 g/mol. The monoisotopic (exact) mass is 328 g/mol. The summed E-state index contributed by atoms with van der Waals surface area (Å²) in [4.78, 5) is 17.5. The van der Waals surface area contributed by atoms with Crippen molar-refractivity contribution in [1.82, 2.24) is 15.5 Å². The number of rotatable bonds is 2. The molecule has 1 aliphatic heterocycles. The summed E-state index contributed by atoms with van der Waals surface area (Å²) in [7, 11) is 3.13. The van der Waals surface area contributed by atoms with Crippen molar-refractivity contribution in [2.24, 2.45) is 4.99 Å². The third-order valence-corrected chi connectivity index (χ3v) is 3.77. The predicted octanol–water partition coefficient (Wildman–Crippen LogP) is 1.43. The molecule has 24 heavy (non-hydrogen) atoms. The number of guanidine groups is 1. The second-order valence-corrected chi connectivity index (χ2v) is 5.49. The first kappa shape index (κ1) is 17.7. The van der Waals surface area contributed by atoms with Gasteiger partial charge < -0.3 is 20.3 Å². The molecule has 0 bridgehead atoms. The van der Waals surface area contributed by atoms with E-state index in [1.54, 1.807) is 11.9 Å². The van der Waals surface area contributed by atoms with Crippen LogP contribution in [0.15, 0.2) is 35.3 Å². The van der Waals surface area contributed by atoms with Gasteiger partial charge in [-0.2, -0.15) is 0 Å². The van der Waals surface area contributed by atoms with E-state index in [1.807, 2.05) is 30.3 Å². The number of nitrogens with zero attached hydrogens (tertiary/aromatic N) is 2. The van der Waals surface area contributed by atoms with Crippen LogP contribution in [0.2, 0.25) is 0 Å². The molecule has 0 spiro atoms. The zero-order valence-corrected chi connectivity index (χ0v) is 14.2. The van der Waals surface area contributed by atoms with Crippen molar-refractivity contribution in [2.45, 2.75) is 18.9 Å². The largest absolute Gasteiger partial charge is 0.453 e. The van der Waals surface area contributed by atoms with Gasteiger partial charge in [0, 0.05) is 31.7 Å². The van der Waals surface area contributed by atoms with Gasteiger partial charge in [0.25, 0.3) is 0 Å². The summed E-state index contributed by atoms with van der Waals surface area (Å²) in [6.07, 6.45) is 1.65. The Morgan fingerprint density at radius 2 is 2.21 bits per heavy atom. The van der Waals surface area contributed by atoms with Gasteiger partial charge in [-0.3, -0.25) is 4.99 Å². The Morgan fingerprint density at radius 1 is 1.42 bits per heavy atom. The van der Waals surface area contributed by atoms with Gasteiger partial charge in [-0.05, 0) is 25.0 Å². The van der Waals surface area contributed by atoms with Crippen LogP contribution in [0.5, 0.6) is 0 Å². The molecule has 1 aromatic carbocycles. The lowest BCUT2D eigenvalue weighted by Gasteiger charge is -2.32. The normalized spacial score (nSPS) is 17.5. The lowest BCUT2D eigenvalue weighted by Crippen LogP contribution is -2.52. The molecular formula is C18H24N4O2. The number of amides is 1. The zero-order chi connectivity index (χ0) is 17.2. The topological polar surface area (TPSA) is 66.0 Å². The van der Waals surface area contributed by atoms with Gasteiger partial charge in [-0.25, -0.2) is 4.79 Å². The molecule has 6 heteroatoms. The molecule has 1 aromatic rings. The Kier molecular flexibility index (Phi) is 6.96. The molecule has 1 heterocycles. The maximum atomic E-state index is 11.6. The van der Waals surface area contributed by atoms with Crippen LogP contribution in [-0.4, -0.2) is 56.8 Å². The van der Waals surface area contributed by atoms with E-state index >= 15 is 0 Å². The fraction of sp³-hybridized carbons (Fsp3) is 0.444. The average Bonchev–Trinajstić information content (AvgIpc) is 2.64. The van der Waals surface area contributed by atoms with Crippen LogP contribution < -0.4 is 10.6 Å². The number of hydrogen-bond donors (Lipinski definition) is 2. The van der Waals surface area contributed by atoms with Crippen LogP contribution in [0.3, 0.4) is 0 Å². The van der Waals surface area contributed by atoms with Crippen molar-refractivity contribution >= 4 is 12.1 Å². The minimum Gasteiger partial charge on any atom is -0.453 e. The molecule has 1 saturated heterocycles. The molecule has 6 nitrogen and oxygen atoms in total. The number of hydrogen-bond acceptors (Lipinski definition) is 3. The Hall–Kier alpha value is -2.68. The molecule has 1 atom stereocenters. The van der Waals surface area contributed by atoms with E-state index < -0.39 is 0 Å². The summed E-state index contributed by atoms with van der Waals surface area (Å²) in [5.41, 5.74) is 0.989. The Labute approximate surface area is 143 Å². The first-order valence-corrected chi connectivity index (χ1v) is 8.07. The van der Waals surface area contributed by atoms with Crippen molar-refractivity contribution in [3.05, 3.63) is 35.9 Å². The zero-order valence-electron chi connectivity index (χ0n) is 14.2. The molecule has 0 aliphatic carbocycles. The van der Waals surface area contributed by atoms with Crippen molar-refractivity contribution in [3.8, 4) is 11.8 Å². The van der Waals surface area contributed by atoms with E-state index in [0.29, 0.717) is 19.0 Å². The van der Waals surface area contributed by atoms with Crippen LogP contribution in [0.25, 0.3) is 0 Å². The third-order valence-electron chi connectivity index (χ3n) is 3.77. The molecule has 128 valence electrons.